The van der Waals surface area contributed by atoms with Gasteiger partial charge in [0, 0.05) is 12.2 Å². The number of nitrogens with zero attached hydrogens (tertiary/aromatic N) is 1. The second-order valence-electron chi connectivity index (χ2n) is 5.37. The Kier molecular flexibility index (Phi) is 4.32. The third kappa shape index (κ3) is 3.21. The van der Waals surface area contributed by atoms with Crippen LogP contribution in [0.2, 0.25) is 0 Å². The zero-order chi connectivity index (χ0) is 16.2. The molecule has 0 radical (unpaired) electrons. The summed E-state index contributed by atoms with van der Waals surface area (Å²) in [6, 6.07) is 10.1. The molecule has 2 heterocycles. The van der Waals surface area contributed by atoms with Crippen LogP contribution in [0.15, 0.2) is 47.1 Å². The normalized spacial score (nSPS) is 17.1. The van der Waals surface area contributed by atoms with Gasteiger partial charge in [0.15, 0.2) is 0 Å². The number of methoxy groups -OCH3 is 1. The van der Waals surface area contributed by atoms with E-state index in [1.54, 1.807) is 35.4 Å². The molecule has 6 heteroatoms. The topological polar surface area (TPSA) is 71.8 Å². The lowest BCUT2D eigenvalue weighted by molar-refractivity contribution is 0.0601. The molecule has 1 fully saturated rings. The number of esters is 1. The first-order chi connectivity index (χ1) is 11.2. The smallest absolute Gasteiger partial charge is 0.337 e. The first kappa shape index (κ1) is 15.1. The van der Waals surface area contributed by atoms with Gasteiger partial charge in [0.1, 0.15) is 5.76 Å². The maximum Gasteiger partial charge on any atom is 0.337 e. The summed E-state index contributed by atoms with van der Waals surface area (Å²) in [6.45, 7) is 0.692. The molecule has 1 aromatic carbocycles. The van der Waals surface area contributed by atoms with Crippen molar-refractivity contribution in [1.29, 1.82) is 0 Å². The van der Waals surface area contributed by atoms with Gasteiger partial charge in [-0.1, -0.05) is 0 Å². The number of hydrogen-bond acceptors (Lipinski definition) is 4. The predicted octanol–water partition coefficient (Wildman–Crippen LogP) is 3.44. The second kappa shape index (κ2) is 6.56. The Balaban J connectivity index is 1.68. The van der Waals surface area contributed by atoms with Crippen LogP contribution < -0.4 is 5.32 Å². The average molecular weight is 314 g/mol. The molecular formula is C17H18N2O4. The van der Waals surface area contributed by atoms with E-state index in [-0.39, 0.29) is 12.1 Å². The van der Waals surface area contributed by atoms with Crippen LogP contribution in [0.4, 0.5) is 10.5 Å². The van der Waals surface area contributed by atoms with Gasteiger partial charge in [0.05, 0.1) is 25.0 Å². The largest absolute Gasteiger partial charge is 0.467 e. The van der Waals surface area contributed by atoms with Crippen molar-refractivity contribution < 1.29 is 18.7 Å². The molecule has 1 N–H and O–H groups in total. The van der Waals surface area contributed by atoms with Crippen LogP contribution in [0.3, 0.4) is 0 Å². The Bertz CT molecular complexity index is 679. The van der Waals surface area contributed by atoms with Crippen molar-refractivity contribution in [3.8, 4) is 0 Å². The summed E-state index contributed by atoms with van der Waals surface area (Å²) in [5, 5.41) is 2.85. The molecule has 1 aliphatic rings. The van der Waals surface area contributed by atoms with Gasteiger partial charge in [-0.25, -0.2) is 9.59 Å². The molecular weight excluding hydrogens is 296 g/mol. The van der Waals surface area contributed by atoms with Crippen LogP contribution in [-0.4, -0.2) is 30.6 Å². The monoisotopic (exact) mass is 314 g/mol. The predicted molar refractivity (Wildman–Crippen MR) is 84.2 cm³/mol. The number of hydrogen-bond donors (Lipinski definition) is 1. The first-order valence-corrected chi connectivity index (χ1v) is 7.48. The first-order valence-electron chi connectivity index (χ1n) is 7.48. The third-order valence-electron chi connectivity index (χ3n) is 3.94. The lowest BCUT2D eigenvalue weighted by Gasteiger charge is -2.23. The Morgan fingerprint density at radius 2 is 2.04 bits per heavy atom. The third-order valence-corrected chi connectivity index (χ3v) is 3.94. The zero-order valence-electron chi connectivity index (χ0n) is 12.8. The molecule has 0 unspecified atom stereocenters. The van der Waals surface area contributed by atoms with Gasteiger partial charge in [0.25, 0.3) is 0 Å². The van der Waals surface area contributed by atoms with Gasteiger partial charge < -0.3 is 19.4 Å². The number of benzene rings is 1. The summed E-state index contributed by atoms with van der Waals surface area (Å²) in [4.78, 5) is 25.6. The number of nitrogens with one attached hydrogen (secondary N) is 1. The molecule has 1 aromatic heterocycles. The van der Waals surface area contributed by atoms with E-state index in [1.807, 2.05) is 12.1 Å². The molecule has 0 saturated carbocycles. The molecule has 0 spiro atoms. The van der Waals surface area contributed by atoms with Crippen LogP contribution >= 0.6 is 0 Å². The Morgan fingerprint density at radius 1 is 1.26 bits per heavy atom. The van der Waals surface area contributed by atoms with Crippen LogP contribution in [-0.2, 0) is 4.74 Å². The van der Waals surface area contributed by atoms with Gasteiger partial charge in [-0.3, -0.25) is 0 Å². The molecule has 2 amide bonds. The summed E-state index contributed by atoms with van der Waals surface area (Å²) < 4.78 is 10.1. The van der Waals surface area contributed by atoms with Crippen molar-refractivity contribution in [2.75, 3.05) is 19.0 Å². The van der Waals surface area contributed by atoms with E-state index in [1.165, 1.54) is 7.11 Å². The number of ether oxygens (including phenoxy) is 1. The average Bonchev–Trinajstić information content (AvgIpc) is 3.25. The van der Waals surface area contributed by atoms with Gasteiger partial charge in [-0.15, -0.1) is 0 Å². The molecule has 1 saturated heterocycles. The van der Waals surface area contributed by atoms with Crippen molar-refractivity contribution in [3.05, 3.63) is 54.0 Å². The number of carbonyl (C=O) groups excluding carboxylic acids is 2. The summed E-state index contributed by atoms with van der Waals surface area (Å²) in [5.74, 6) is 0.402. The molecule has 0 aliphatic carbocycles. The van der Waals surface area contributed by atoms with Crippen LogP contribution in [0.25, 0.3) is 0 Å². The van der Waals surface area contributed by atoms with Gasteiger partial charge in [-0.05, 0) is 49.2 Å². The fourth-order valence-corrected chi connectivity index (χ4v) is 2.79. The number of likely N-dealkylation sites (tertiary alicyclic amines) is 1. The number of furan rings is 1. The molecule has 120 valence electrons. The number of amides is 2. The maximum absolute atomic E-state index is 12.5. The zero-order valence-corrected chi connectivity index (χ0v) is 12.8. The second-order valence-corrected chi connectivity index (χ2v) is 5.37. The number of urea groups is 1. The highest BCUT2D eigenvalue weighted by Gasteiger charge is 2.31. The quantitative estimate of drug-likeness (QED) is 0.881. The standard InChI is InChI=1S/C17H18N2O4/c1-22-16(20)12-6-8-13(9-7-12)18-17(21)19-10-2-4-14(19)15-5-3-11-23-15/h3,5-9,11,14H,2,4,10H2,1H3,(H,18,21)/t14-/m1/s1. The van der Waals surface area contributed by atoms with E-state index in [9.17, 15) is 9.59 Å². The molecule has 1 aliphatic heterocycles. The Morgan fingerprint density at radius 3 is 2.70 bits per heavy atom. The minimum atomic E-state index is -0.402. The fourth-order valence-electron chi connectivity index (χ4n) is 2.79. The van der Waals surface area contributed by atoms with E-state index >= 15 is 0 Å². The SMILES string of the molecule is COC(=O)c1ccc(NC(=O)N2CCC[C@@H]2c2ccco2)cc1. The van der Waals surface area contributed by atoms with Crippen molar-refractivity contribution in [1.82, 2.24) is 4.90 Å². The van der Waals surface area contributed by atoms with Crippen LogP contribution in [0, 0.1) is 0 Å². The summed E-state index contributed by atoms with van der Waals surface area (Å²) in [7, 11) is 1.33. The highest BCUT2D eigenvalue weighted by Crippen LogP contribution is 2.32. The fraction of sp³-hybridized carbons (Fsp3) is 0.294. The van der Waals surface area contributed by atoms with Crippen molar-refractivity contribution in [2.24, 2.45) is 0 Å². The van der Waals surface area contributed by atoms with Crippen LogP contribution in [0.5, 0.6) is 0 Å². The lowest BCUT2D eigenvalue weighted by Crippen LogP contribution is -2.34. The van der Waals surface area contributed by atoms with E-state index < -0.39 is 5.97 Å². The minimum absolute atomic E-state index is 0.0284. The van der Waals surface area contributed by atoms with Crippen molar-refractivity contribution in [3.63, 3.8) is 0 Å². The van der Waals surface area contributed by atoms with Crippen molar-refractivity contribution >= 4 is 17.7 Å². The van der Waals surface area contributed by atoms with Gasteiger partial charge in [0.2, 0.25) is 0 Å². The molecule has 6 nitrogen and oxygen atoms in total. The summed E-state index contributed by atoms with van der Waals surface area (Å²) in [5.41, 5.74) is 1.08. The Hall–Kier alpha value is -2.76. The molecule has 23 heavy (non-hydrogen) atoms. The molecule has 1 atom stereocenters. The molecule has 3 rings (SSSR count). The van der Waals surface area contributed by atoms with Crippen LogP contribution in [0.1, 0.15) is 35.0 Å². The highest BCUT2D eigenvalue weighted by atomic mass is 16.5. The summed E-state index contributed by atoms with van der Waals surface area (Å²) >= 11 is 0. The number of anilines is 1. The minimum Gasteiger partial charge on any atom is -0.467 e. The number of carbonyl (C=O) groups is 2. The van der Waals surface area contributed by atoms with Gasteiger partial charge >= 0.3 is 12.0 Å². The van der Waals surface area contributed by atoms with Crippen molar-refractivity contribution in [2.45, 2.75) is 18.9 Å². The highest BCUT2D eigenvalue weighted by molar-refractivity contribution is 5.92. The molecule has 0 bridgehead atoms. The van der Waals surface area contributed by atoms with E-state index in [0.717, 1.165) is 18.6 Å². The van der Waals surface area contributed by atoms with E-state index in [2.05, 4.69) is 10.1 Å². The molecule has 2 aromatic rings. The Labute approximate surface area is 134 Å². The summed E-state index contributed by atoms with van der Waals surface area (Å²) in [6.07, 6.45) is 3.46. The van der Waals surface area contributed by atoms with E-state index in [0.29, 0.717) is 17.8 Å². The number of rotatable bonds is 3. The van der Waals surface area contributed by atoms with E-state index in [4.69, 9.17) is 4.42 Å². The van der Waals surface area contributed by atoms with Gasteiger partial charge in [-0.2, -0.15) is 0 Å². The lowest BCUT2D eigenvalue weighted by atomic mass is 10.2. The maximum atomic E-state index is 12.5.